The molecular weight excluding hydrogens is 641 g/mol. The summed E-state index contributed by atoms with van der Waals surface area (Å²) in [6.45, 7) is 0. The van der Waals surface area contributed by atoms with Crippen LogP contribution in [0.15, 0.2) is 226 Å². The zero-order valence-corrected chi connectivity index (χ0v) is 28.6. The lowest BCUT2D eigenvalue weighted by Gasteiger charge is -2.42. The Morgan fingerprint density at radius 1 is 0.373 bits per heavy atom. The van der Waals surface area contributed by atoms with Crippen molar-refractivity contribution in [2.75, 3.05) is 10.0 Å². The van der Waals surface area contributed by atoms with Crippen molar-refractivity contribution in [2.45, 2.75) is 19.6 Å². The molecule has 5 heteroatoms. The molecule has 0 saturated heterocycles. The van der Waals surface area contributed by atoms with Crippen LogP contribution in [0.3, 0.4) is 0 Å². The van der Waals surface area contributed by atoms with Crippen LogP contribution in [0.5, 0.6) is 0 Å². The molecule has 1 aromatic heterocycles. The van der Waals surface area contributed by atoms with E-state index < -0.39 is 10.0 Å². The van der Waals surface area contributed by atoms with Crippen molar-refractivity contribution in [3.63, 3.8) is 0 Å². The third kappa shape index (κ3) is 4.48. The number of nitrogens with zero attached hydrogens (tertiary/aromatic N) is 4. The van der Waals surface area contributed by atoms with Crippen molar-refractivity contribution in [2.24, 2.45) is 0 Å². The summed E-state index contributed by atoms with van der Waals surface area (Å²) < 4.78 is 2.44. The highest BCUT2D eigenvalue weighted by Crippen LogP contribution is 2.73. The van der Waals surface area contributed by atoms with Gasteiger partial charge in [0.1, 0.15) is 0 Å². The Labute approximate surface area is 299 Å². The third-order valence-corrected chi connectivity index (χ3v) is 13.9. The maximum absolute atomic E-state index is 2.44. The van der Waals surface area contributed by atoms with Crippen molar-refractivity contribution in [1.29, 1.82) is 0 Å². The summed E-state index contributed by atoms with van der Waals surface area (Å²) in [7, 11) is -1.83. The zero-order chi connectivity index (χ0) is 33.8. The molecule has 244 valence electrons. The first-order chi connectivity index (χ1) is 25.3. The first-order valence-electron chi connectivity index (χ1n) is 17.3. The van der Waals surface area contributed by atoms with Gasteiger partial charge in [-0.05, 0) is 103 Å². The molecule has 0 saturated carbocycles. The number of anilines is 3. The van der Waals surface area contributed by atoms with Gasteiger partial charge < -0.3 is 4.57 Å². The number of para-hydroxylation sites is 3. The van der Waals surface area contributed by atoms with Crippen LogP contribution in [0.4, 0.5) is 17.1 Å². The fourth-order valence-corrected chi connectivity index (χ4v) is 11.7. The molecule has 2 aliphatic heterocycles. The van der Waals surface area contributed by atoms with E-state index in [1.165, 1.54) is 41.4 Å². The molecule has 51 heavy (non-hydrogen) atoms. The van der Waals surface area contributed by atoms with Gasteiger partial charge in [-0.3, -0.25) is 0 Å². The van der Waals surface area contributed by atoms with Crippen LogP contribution in [-0.2, 0) is 0 Å². The van der Waals surface area contributed by atoms with Crippen LogP contribution in [0.2, 0.25) is 0 Å². The summed E-state index contributed by atoms with van der Waals surface area (Å²) in [6.07, 6.45) is 8.37. The second-order valence-corrected chi connectivity index (χ2v) is 15.9. The molecule has 4 nitrogen and oxygen atoms in total. The average molecular weight is 675 g/mol. The lowest BCUT2D eigenvalue weighted by atomic mass is 10.1. The van der Waals surface area contributed by atoms with Gasteiger partial charge in [-0.2, -0.15) is 5.12 Å². The van der Waals surface area contributed by atoms with Crippen molar-refractivity contribution in [3.05, 3.63) is 207 Å². The smallest absolute Gasteiger partial charge is 0.0909 e. The minimum absolute atomic E-state index is 1.11. The Kier molecular flexibility index (Phi) is 6.86. The summed E-state index contributed by atoms with van der Waals surface area (Å²) in [5.41, 5.74) is 6.91. The highest BCUT2D eigenvalue weighted by Gasteiger charge is 2.35. The van der Waals surface area contributed by atoms with Crippen molar-refractivity contribution < 1.29 is 0 Å². The number of hydrazine groups is 2. The van der Waals surface area contributed by atoms with E-state index in [0.717, 1.165) is 22.7 Å². The normalized spacial score (nSPS) is 13.9. The first-order valence-corrected chi connectivity index (χ1v) is 18.9. The van der Waals surface area contributed by atoms with E-state index >= 15 is 0 Å². The number of aromatic nitrogens is 1. The molecule has 0 N–H and O–H groups in total. The molecule has 0 bridgehead atoms. The molecule has 7 aromatic carbocycles. The number of allylic oxidation sites excluding steroid dienone is 2. The summed E-state index contributed by atoms with van der Waals surface area (Å²) in [5, 5.41) is 9.10. The fraction of sp³-hybridized carbons (Fsp3) is 0. The molecule has 0 atom stereocenters. The van der Waals surface area contributed by atoms with Crippen LogP contribution < -0.4 is 10.0 Å². The molecular formula is C46H34N4S. The lowest BCUT2D eigenvalue weighted by molar-refractivity contribution is 0.408. The van der Waals surface area contributed by atoms with Gasteiger partial charge in [-0.25, -0.2) is 10.0 Å². The van der Waals surface area contributed by atoms with E-state index in [-0.39, 0.29) is 0 Å². The Morgan fingerprint density at radius 3 is 1.65 bits per heavy atom. The van der Waals surface area contributed by atoms with Gasteiger partial charge in [-0.15, -0.1) is 10.0 Å². The molecule has 3 heterocycles. The molecule has 0 fully saturated rings. The third-order valence-electron chi connectivity index (χ3n) is 9.96. The van der Waals surface area contributed by atoms with Crippen molar-refractivity contribution >= 4 is 48.9 Å². The number of benzene rings is 7. The van der Waals surface area contributed by atoms with Crippen molar-refractivity contribution in [1.82, 2.24) is 9.69 Å². The zero-order valence-electron chi connectivity index (χ0n) is 27.8. The molecule has 0 unspecified atom stereocenters. The van der Waals surface area contributed by atoms with Gasteiger partial charge in [-0.1, -0.05) is 91.0 Å². The second kappa shape index (κ2) is 11.9. The highest BCUT2D eigenvalue weighted by molar-refractivity contribution is 8.34. The van der Waals surface area contributed by atoms with E-state index in [0.29, 0.717) is 0 Å². The standard InChI is InChI=1S/C46H34N4S/c1-4-18-37(19-5-1)51(38-20-6-2-7-21-38,39-22-8-3-9-23-39)40-24-16-17-35(33-40)49-43-26-11-10-25-41(43)42-34-36(29-30-44(42)49)50-46-28-13-12-27-45(46)47-31-14-15-32-48(47)50/h1-34H. The van der Waals surface area contributed by atoms with Gasteiger partial charge in [0.2, 0.25) is 0 Å². The summed E-state index contributed by atoms with van der Waals surface area (Å²) in [6, 6.07) is 66.7. The van der Waals surface area contributed by atoms with Gasteiger partial charge in [0.25, 0.3) is 0 Å². The molecule has 8 aromatic rings. The van der Waals surface area contributed by atoms with Crippen LogP contribution in [0.25, 0.3) is 27.5 Å². The number of hydrogen-bond donors (Lipinski definition) is 0. The maximum Gasteiger partial charge on any atom is 0.0909 e. The molecule has 0 aliphatic carbocycles. The Bertz CT molecular complexity index is 2510. The predicted molar refractivity (Wildman–Crippen MR) is 212 cm³/mol. The van der Waals surface area contributed by atoms with E-state index in [1.54, 1.807) is 0 Å². The van der Waals surface area contributed by atoms with Gasteiger partial charge in [0, 0.05) is 48.4 Å². The van der Waals surface area contributed by atoms with Crippen LogP contribution >= 0.6 is 10.0 Å². The van der Waals surface area contributed by atoms with E-state index in [2.05, 4.69) is 226 Å². The second-order valence-electron chi connectivity index (χ2n) is 12.8. The van der Waals surface area contributed by atoms with E-state index in [1.807, 2.05) is 0 Å². The molecule has 2 aliphatic rings. The molecule has 0 radical (unpaired) electrons. The van der Waals surface area contributed by atoms with Crippen LogP contribution in [0.1, 0.15) is 0 Å². The topological polar surface area (TPSA) is 14.7 Å². The Hall–Kier alpha value is -6.43. The maximum atomic E-state index is 2.44. The Balaban J connectivity index is 1.19. The van der Waals surface area contributed by atoms with Crippen molar-refractivity contribution in [3.8, 4) is 5.69 Å². The quantitative estimate of drug-likeness (QED) is 0.174. The fourth-order valence-electron chi connectivity index (χ4n) is 7.83. The highest BCUT2D eigenvalue weighted by atomic mass is 32.3. The number of rotatable bonds is 6. The predicted octanol–water partition coefficient (Wildman–Crippen LogP) is 12.3. The van der Waals surface area contributed by atoms with E-state index in [9.17, 15) is 0 Å². The van der Waals surface area contributed by atoms with Gasteiger partial charge >= 0.3 is 0 Å². The summed E-state index contributed by atoms with van der Waals surface area (Å²) in [5.74, 6) is 0. The number of fused-ring (bicyclic) bond motifs is 6. The molecule has 10 rings (SSSR count). The lowest BCUT2D eigenvalue weighted by Crippen LogP contribution is -2.40. The SMILES string of the molecule is C1=CN2c3ccccc3N(c3ccc4c(c3)c3ccccc3n4-c3cccc(S(c4ccccc4)(c4ccccc4)c4ccccc4)c3)N2C=C1. The molecule has 0 amide bonds. The minimum atomic E-state index is -1.83. The summed E-state index contributed by atoms with van der Waals surface area (Å²) >= 11 is 0. The molecule has 0 spiro atoms. The Morgan fingerprint density at radius 2 is 0.941 bits per heavy atom. The minimum Gasteiger partial charge on any atom is -0.309 e. The van der Waals surface area contributed by atoms with Gasteiger partial charge in [0.05, 0.1) is 28.1 Å². The van der Waals surface area contributed by atoms with Crippen LogP contribution in [-0.4, -0.2) is 9.69 Å². The monoisotopic (exact) mass is 674 g/mol. The van der Waals surface area contributed by atoms with E-state index in [4.69, 9.17) is 0 Å². The summed E-state index contributed by atoms with van der Waals surface area (Å²) in [4.78, 5) is 5.23. The largest absolute Gasteiger partial charge is 0.309 e. The van der Waals surface area contributed by atoms with Gasteiger partial charge in [0.15, 0.2) is 0 Å². The average Bonchev–Trinajstić information content (AvgIpc) is 3.72. The first kappa shape index (κ1) is 29.5. The van der Waals surface area contributed by atoms with Crippen LogP contribution in [0, 0.1) is 0 Å². The number of hydrogen-bond acceptors (Lipinski definition) is 3.